The number of nitrogens with zero attached hydrogens (tertiary/aromatic N) is 1. The highest BCUT2D eigenvalue weighted by molar-refractivity contribution is 7.14. The molecule has 0 bridgehead atoms. The molecule has 1 heterocycles. The molecule has 0 unspecified atom stereocenters. The van der Waals surface area contributed by atoms with E-state index in [1.165, 1.54) is 21.8 Å². The number of rotatable bonds is 4. The molecule has 0 fully saturated rings. The maximum absolute atomic E-state index is 11.9. The van der Waals surface area contributed by atoms with E-state index in [-0.39, 0.29) is 11.8 Å². The van der Waals surface area contributed by atoms with Crippen LogP contribution in [0.4, 0.5) is 0 Å². The van der Waals surface area contributed by atoms with Crippen molar-refractivity contribution in [3.8, 4) is 0 Å². The number of hydrogen-bond acceptors (Lipinski definition) is 3. The van der Waals surface area contributed by atoms with E-state index in [4.69, 9.17) is 0 Å². The molecule has 1 aliphatic rings. The monoisotopic (exact) mass is 266 g/mol. The number of hydrogen-bond donors (Lipinski definition) is 1. The highest BCUT2D eigenvalue weighted by Gasteiger charge is 2.18. The largest absolute Gasteiger partial charge is 0.351 e. The van der Waals surface area contributed by atoms with Crippen molar-refractivity contribution in [3.05, 3.63) is 21.4 Å². The Labute approximate surface area is 111 Å². The van der Waals surface area contributed by atoms with Crippen molar-refractivity contribution in [2.45, 2.75) is 25.7 Å². The van der Waals surface area contributed by atoms with Crippen LogP contribution < -0.4 is 5.32 Å². The van der Waals surface area contributed by atoms with Crippen LogP contribution in [0.5, 0.6) is 0 Å². The summed E-state index contributed by atoms with van der Waals surface area (Å²) in [5.41, 5.74) is 1.33. The van der Waals surface area contributed by atoms with Crippen molar-refractivity contribution in [1.29, 1.82) is 0 Å². The molecule has 5 heteroatoms. The number of nitrogens with one attached hydrogen (secondary N) is 1. The minimum atomic E-state index is -0.0547. The number of aryl methyl sites for hydroxylation is 2. The Morgan fingerprint density at radius 1 is 1.39 bits per heavy atom. The van der Waals surface area contributed by atoms with Gasteiger partial charge >= 0.3 is 0 Å². The van der Waals surface area contributed by atoms with E-state index in [0.717, 1.165) is 17.7 Å². The Balaban J connectivity index is 1.83. The number of thiophene rings is 1. The van der Waals surface area contributed by atoms with Gasteiger partial charge in [0, 0.05) is 31.9 Å². The summed E-state index contributed by atoms with van der Waals surface area (Å²) in [5, 5.41) is 2.80. The molecule has 0 aromatic carbocycles. The molecular weight excluding hydrogens is 248 g/mol. The van der Waals surface area contributed by atoms with Crippen LogP contribution in [0.25, 0.3) is 0 Å². The zero-order chi connectivity index (χ0) is 13.1. The van der Waals surface area contributed by atoms with Crippen LogP contribution in [0.1, 0.15) is 33.0 Å². The number of fused-ring (bicyclic) bond motifs is 1. The Kier molecular flexibility index (Phi) is 4.01. The first-order valence-electron chi connectivity index (χ1n) is 6.18. The SMILES string of the molecule is CN(C)C(=O)CCNC(=O)c1cc2c(s1)CCC2. The van der Waals surface area contributed by atoms with E-state index in [0.29, 0.717) is 13.0 Å². The van der Waals surface area contributed by atoms with E-state index in [9.17, 15) is 9.59 Å². The Morgan fingerprint density at radius 3 is 2.83 bits per heavy atom. The fraction of sp³-hybridized carbons (Fsp3) is 0.538. The van der Waals surface area contributed by atoms with Crippen molar-refractivity contribution in [1.82, 2.24) is 10.2 Å². The normalized spacial score (nSPS) is 13.2. The minimum absolute atomic E-state index is 0.0315. The Bertz CT molecular complexity index is 444. The minimum Gasteiger partial charge on any atom is -0.351 e. The molecular formula is C13H18N2O2S. The molecule has 0 saturated heterocycles. The van der Waals surface area contributed by atoms with Crippen molar-refractivity contribution in [2.75, 3.05) is 20.6 Å². The fourth-order valence-corrected chi connectivity index (χ4v) is 3.20. The van der Waals surface area contributed by atoms with Crippen LogP contribution in [0, 0.1) is 0 Å². The Morgan fingerprint density at radius 2 is 2.17 bits per heavy atom. The molecule has 1 aromatic heterocycles. The number of carbonyl (C=O) groups is 2. The van der Waals surface area contributed by atoms with Crippen LogP contribution in [-0.2, 0) is 17.6 Å². The standard InChI is InChI=1S/C13H18N2O2S/c1-15(2)12(16)6-7-14-13(17)11-8-9-4-3-5-10(9)18-11/h8H,3-7H2,1-2H3,(H,14,17). The molecule has 2 rings (SSSR count). The van der Waals surface area contributed by atoms with Gasteiger partial charge in [-0.2, -0.15) is 0 Å². The molecule has 1 aliphatic carbocycles. The average Bonchev–Trinajstić information content (AvgIpc) is 2.88. The lowest BCUT2D eigenvalue weighted by molar-refractivity contribution is -0.128. The van der Waals surface area contributed by atoms with E-state index >= 15 is 0 Å². The smallest absolute Gasteiger partial charge is 0.261 e. The van der Waals surface area contributed by atoms with Gasteiger partial charge in [0.1, 0.15) is 0 Å². The van der Waals surface area contributed by atoms with Gasteiger partial charge in [-0.15, -0.1) is 11.3 Å². The van der Waals surface area contributed by atoms with E-state index in [1.54, 1.807) is 25.4 Å². The van der Waals surface area contributed by atoms with Gasteiger partial charge in [0.05, 0.1) is 4.88 Å². The first-order valence-corrected chi connectivity index (χ1v) is 6.99. The van der Waals surface area contributed by atoms with Crippen molar-refractivity contribution in [2.24, 2.45) is 0 Å². The van der Waals surface area contributed by atoms with Crippen molar-refractivity contribution < 1.29 is 9.59 Å². The molecule has 1 aromatic rings. The molecule has 0 spiro atoms. The van der Waals surface area contributed by atoms with Gasteiger partial charge in [-0.05, 0) is 30.9 Å². The highest BCUT2D eigenvalue weighted by Crippen LogP contribution is 2.30. The summed E-state index contributed by atoms with van der Waals surface area (Å²) in [6, 6.07) is 2.00. The average molecular weight is 266 g/mol. The van der Waals surface area contributed by atoms with Gasteiger partial charge in [-0.1, -0.05) is 0 Å². The molecule has 0 aliphatic heterocycles. The number of amides is 2. The molecule has 0 radical (unpaired) electrons. The van der Waals surface area contributed by atoms with E-state index in [1.807, 2.05) is 6.07 Å². The first-order chi connectivity index (χ1) is 8.58. The predicted molar refractivity (Wildman–Crippen MR) is 72.0 cm³/mol. The summed E-state index contributed by atoms with van der Waals surface area (Å²) < 4.78 is 0. The second-order valence-electron chi connectivity index (χ2n) is 4.71. The van der Waals surface area contributed by atoms with Gasteiger partial charge in [-0.3, -0.25) is 9.59 Å². The second-order valence-corrected chi connectivity index (χ2v) is 5.84. The second kappa shape index (κ2) is 5.52. The summed E-state index contributed by atoms with van der Waals surface area (Å²) in [6.45, 7) is 0.401. The summed E-state index contributed by atoms with van der Waals surface area (Å²) in [7, 11) is 3.43. The molecule has 0 atom stereocenters. The molecule has 1 N–H and O–H groups in total. The highest BCUT2D eigenvalue weighted by atomic mass is 32.1. The molecule has 2 amide bonds. The zero-order valence-electron chi connectivity index (χ0n) is 10.8. The summed E-state index contributed by atoms with van der Waals surface area (Å²) in [4.78, 5) is 26.9. The topological polar surface area (TPSA) is 49.4 Å². The summed E-state index contributed by atoms with van der Waals surface area (Å²) >= 11 is 1.59. The van der Waals surface area contributed by atoms with Crippen molar-refractivity contribution in [3.63, 3.8) is 0 Å². The molecule has 0 saturated carbocycles. The van der Waals surface area contributed by atoms with E-state index in [2.05, 4.69) is 5.32 Å². The van der Waals surface area contributed by atoms with Gasteiger partial charge in [0.2, 0.25) is 5.91 Å². The molecule has 18 heavy (non-hydrogen) atoms. The maximum Gasteiger partial charge on any atom is 0.261 e. The Hall–Kier alpha value is -1.36. The predicted octanol–water partition coefficient (Wildman–Crippen LogP) is 1.44. The maximum atomic E-state index is 11.9. The van der Waals surface area contributed by atoms with Crippen LogP contribution in [0.3, 0.4) is 0 Å². The molecule has 98 valence electrons. The van der Waals surface area contributed by atoms with E-state index < -0.39 is 0 Å². The number of carbonyl (C=O) groups excluding carboxylic acids is 2. The van der Waals surface area contributed by atoms with Crippen LogP contribution in [0.2, 0.25) is 0 Å². The lowest BCUT2D eigenvalue weighted by Gasteiger charge is -2.10. The lowest BCUT2D eigenvalue weighted by Crippen LogP contribution is -2.29. The zero-order valence-corrected chi connectivity index (χ0v) is 11.6. The third kappa shape index (κ3) is 2.90. The first kappa shape index (κ1) is 13.1. The van der Waals surface area contributed by atoms with Crippen LogP contribution in [-0.4, -0.2) is 37.4 Å². The summed E-state index contributed by atoms with van der Waals surface area (Å²) in [6.07, 6.45) is 3.76. The third-order valence-electron chi connectivity index (χ3n) is 3.09. The third-order valence-corrected chi connectivity index (χ3v) is 4.33. The lowest BCUT2D eigenvalue weighted by atomic mass is 10.2. The van der Waals surface area contributed by atoms with Gasteiger partial charge in [-0.25, -0.2) is 0 Å². The molecule has 4 nitrogen and oxygen atoms in total. The van der Waals surface area contributed by atoms with Crippen LogP contribution >= 0.6 is 11.3 Å². The fourth-order valence-electron chi connectivity index (χ4n) is 2.03. The van der Waals surface area contributed by atoms with Gasteiger partial charge in [0.25, 0.3) is 5.91 Å². The van der Waals surface area contributed by atoms with Gasteiger partial charge < -0.3 is 10.2 Å². The quantitative estimate of drug-likeness (QED) is 0.896. The van der Waals surface area contributed by atoms with Gasteiger partial charge in [0.15, 0.2) is 0 Å². The van der Waals surface area contributed by atoms with Crippen LogP contribution in [0.15, 0.2) is 6.07 Å². The van der Waals surface area contributed by atoms with Crippen molar-refractivity contribution >= 4 is 23.2 Å². The summed E-state index contributed by atoms with van der Waals surface area (Å²) in [5.74, 6) is -0.0232.